The van der Waals surface area contributed by atoms with Crippen LogP contribution < -0.4 is 4.74 Å². The van der Waals surface area contributed by atoms with Crippen molar-refractivity contribution >= 4 is 0 Å². The molecule has 0 radical (unpaired) electrons. The van der Waals surface area contributed by atoms with Gasteiger partial charge in [0.1, 0.15) is 5.75 Å². The van der Waals surface area contributed by atoms with Gasteiger partial charge in [-0.25, -0.2) is 0 Å². The van der Waals surface area contributed by atoms with Crippen molar-refractivity contribution in [2.45, 2.75) is 26.2 Å². The van der Waals surface area contributed by atoms with Crippen molar-refractivity contribution in [2.75, 3.05) is 21.2 Å². The largest absolute Gasteiger partial charge is 0.497 e. The number of hydrogen-bond acceptors (Lipinski definition) is 2. The van der Waals surface area contributed by atoms with E-state index in [-0.39, 0.29) is 0 Å². The van der Waals surface area contributed by atoms with Gasteiger partial charge in [0.15, 0.2) is 0 Å². The maximum atomic E-state index is 5.28. The zero-order valence-electron chi connectivity index (χ0n) is 11.5. The van der Waals surface area contributed by atoms with E-state index in [1.807, 2.05) is 6.07 Å². The minimum absolute atomic E-state index is 0.465. The second-order valence-electron chi connectivity index (χ2n) is 4.57. The molecule has 0 aliphatic carbocycles. The number of nitrogens with zero attached hydrogens (tertiary/aromatic N) is 1. The number of allylic oxidation sites excluding steroid dienone is 1. The molecule has 1 atom stereocenters. The minimum atomic E-state index is 0.465. The maximum Gasteiger partial charge on any atom is 0.119 e. The van der Waals surface area contributed by atoms with E-state index in [0.717, 1.165) is 12.2 Å². The molecule has 0 saturated heterocycles. The van der Waals surface area contributed by atoms with Gasteiger partial charge in [0.25, 0.3) is 0 Å². The van der Waals surface area contributed by atoms with Crippen molar-refractivity contribution in [1.82, 2.24) is 4.90 Å². The highest BCUT2D eigenvalue weighted by Gasteiger charge is 2.12. The quantitative estimate of drug-likeness (QED) is 0.769. The summed E-state index contributed by atoms with van der Waals surface area (Å²) in [7, 11) is 5.83. The third kappa shape index (κ3) is 3.81. The van der Waals surface area contributed by atoms with Crippen molar-refractivity contribution in [2.24, 2.45) is 0 Å². The first-order valence-electron chi connectivity index (χ1n) is 6.07. The van der Waals surface area contributed by atoms with Crippen LogP contribution in [0.25, 0.3) is 0 Å². The molecular weight excluding hydrogens is 210 g/mol. The molecule has 1 aromatic rings. The normalized spacial score (nSPS) is 13.4. The average molecular weight is 233 g/mol. The van der Waals surface area contributed by atoms with Crippen molar-refractivity contribution in [3.05, 3.63) is 41.6 Å². The summed E-state index contributed by atoms with van der Waals surface area (Å²) in [4.78, 5) is 2.10. The summed E-state index contributed by atoms with van der Waals surface area (Å²) in [6.07, 6.45) is 3.29. The Balaban J connectivity index is 3.00. The molecule has 1 rings (SSSR count). The van der Waals surface area contributed by atoms with Gasteiger partial charge in [0.2, 0.25) is 0 Å². The van der Waals surface area contributed by atoms with E-state index in [0.29, 0.717) is 5.92 Å². The topological polar surface area (TPSA) is 12.5 Å². The highest BCUT2D eigenvalue weighted by Crippen LogP contribution is 2.29. The van der Waals surface area contributed by atoms with E-state index in [9.17, 15) is 0 Å². The Hall–Kier alpha value is -1.44. The molecule has 17 heavy (non-hydrogen) atoms. The van der Waals surface area contributed by atoms with E-state index >= 15 is 0 Å². The van der Waals surface area contributed by atoms with Gasteiger partial charge in [-0.3, -0.25) is 0 Å². The Kier molecular flexibility index (Phi) is 5.08. The van der Waals surface area contributed by atoms with Crippen molar-refractivity contribution in [3.63, 3.8) is 0 Å². The van der Waals surface area contributed by atoms with Gasteiger partial charge in [-0.05, 0) is 42.8 Å². The van der Waals surface area contributed by atoms with E-state index in [1.54, 1.807) is 7.11 Å². The minimum Gasteiger partial charge on any atom is -0.497 e. The van der Waals surface area contributed by atoms with E-state index in [1.165, 1.54) is 11.1 Å². The molecule has 0 bridgehead atoms. The lowest BCUT2D eigenvalue weighted by molar-refractivity contribution is 0.414. The molecule has 0 spiro atoms. The van der Waals surface area contributed by atoms with Gasteiger partial charge >= 0.3 is 0 Å². The Morgan fingerprint density at radius 2 is 2.12 bits per heavy atom. The summed E-state index contributed by atoms with van der Waals surface area (Å²) >= 11 is 0. The lowest BCUT2D eigenvalue weighted by Gasteiger charge is -2.19. The Morgan fingerprint density at radius 3 is 2.65 bits per heavy atom. The molecule has 0 amide bonds. The second-order valence-corrected chi connectivity index (χ2v) is 4.57. The third-order valence-corrected chi connectivity index (χ3v) is 2.92. The van der Waals surface area contributed by atoms with Crippen LogP contribution in [0, 0.1) is 0 Å². The number of methoxy groups -OCH3 is 1. The monoisotopic (exact) mass is 233 g/mol. The summed E-state index contributed by atoms with van der Waals surface area (Å²) in [5.41, 5.74) is 2.70. The van der Waals surface area contributed by atoms with Crippen molar-refractivity contribution in [1.29, 1.82) is 0 Å². The first-order valence-corrected chi connectivity index (χ1v) is 6.07. The Labute approximate surface area is 105 Å². The number of hydrogen-bond donors (Lipinski definition) is 0. The van der Waals surface area contributed by atoms with Crippen molar-refractivity contribution < 1.29 is 4.74 Å². The maximum absolute atomic E-state index is 5.28. The fraction of sp³-hybridized carbons (Fsp3) is 0.467. The zero-order valence-corrected chi connectivity index (χ0v) is 11.5. The van der Waals surface area contributed by atoms with Crippen LogP contribution in [0.2, 0.25) is 0 Å². The molecule has 0 aliphatic rings. The summed E-state index contributed by atoms with van der Waals surface area (Å²) in [5, 5.41) is 0. The molecule has 0 saturated carbocycles. The molecule has 1 unspecified atom stereocenters. The first kappa shape index (κ1) is 13.6. The fourth-order valence-corrected chi connectivity index (χ4v) is 2.18. The summed E-state index contributed by atoms with van der Waals surface area (Å²) in [6.45, 7) is 4.41. The van der Waals surface area contributed by atoms with Crippen LogP contribution >= 0.6 is 0 Å². The highest BCUT2D eigenvalue weighted by molar-refractivity contribution is 5.34. The number of benzene rings is 1. The smallest absolute Gasteiger partial charge is 0.119 e. The second kappa shape index (κ2) is 6.33. The van der Waals surface area contributed by atoms with Gasteiger partial charge in [-0.1, -0.05) is 19.1 Å². The molecular formula is C15H23NO. The van der Waals surface area contributed by atoms with Gasteiger partial charge in [0.05, 0.1) is 7.11 Å². The van der Waals surface area contributed by atoms with Gasteiger partial charge in [0, 0.05) is 20.0 Å². The molecule has 0 fully saturated rings. The Bertz CT molecular complexity index is 382. The average Bonchev–Trinajstić information content (AvgIpc) is 2.29. The van der Waals surface area contributed by atoms with Crippen LogP contribution in [0.15, 0.2) is 36.0 Å². The third-order valence-electron chi connectivity index (χ3n) is 2.92. The van der Waals surface area contributed by atoms with E-state index < -0.39 is 0 Å². The van der Waals surface area contributed by atoms with E-state index in [2.05, 4.69) is 57.2 Å². The van der Waals surface area contributed by atoms with Crippen LogP contribution in [0.1, 0.15) is 31.7 Å². The highest BCUT2D eigenvalue weighted by atomic mass is 16.5. The Morgan fingerprint density at radius 1 is 1.41 bits per heavy atom. The molecule has 0 heterocycles. The van der Waals surface area contributed by atoms with Crippen LogP contribution in [-0.4, -0.2) is 26.1 Å². The van der Waals surface area contributed by atoms with Gasteiger partial charge in [-0.2, -0.15) is 0 Å². The standard InChI is InChI=1S/C15H23NO/c1-6-15(12(2)11-16(3)4)13-8-7-9-14(10-13)17-5/h7-11,15H,6H2,1-5H3. The molecule has 1 aromatic carbocycles. The number of ether oxygens (including phenoxy) is 1. The molecule has 0 N–H and O–H groups in total. The summed E-state index contributed by atoms with van der Waals surface area (Å²) in [6, 6.07) is 8.34. The van der Waals surface area contributed by atoms with Crippen LogP contribution in [0.4, 0.5) is 0 Å². The SMILES string of the molecule is CCC(C(C)=CN(C)C)c1cccc(OC)c1. The lowest BCUT2D eigenvalue weighted by Crippen LogP contribution is -2.07. The molecule has 0 aliphatic heterocycles. The van der Waals surface area contributed by atoms with Crippen molar-refractivity contribution in [3.8, 4) is 5.75 Å². The molecule has 2 nitrogen and oxygen atoms in total. The number of rotatable bonds is 5. The van der Waals surface area contributed by atoms with Gasteiger partial charge in [-0.15, -0.1) is 0 Å². The lowest BCUT2D eigenvalue weighted by atomic mass is 9.90. The summed E-state index contributed by atoms with van der Waals surface area (Å²) < 4.78 is 5.28. The molecule has 2 heteroatoms. The van der Waals surface area contributed by atoms with Crippen LogP contribution in [-0.2, 0) is 0 Å². The van der Waals surface area contributed by atoms with Crippen LogP contribution in [0.5, 0.6) is 5.75 Å². The summed E-state index contributed by atoms with van der Waals surface area (Å²) in [5.74, 6) is 1.39. The van der Waals surface area contributed by atoms with Gasteiger partial charge < -0.3 is 9.64 Å². The van der Waals surface area contributed by atoms with Crippen LogP contribution in [0.3, 0.4) is 0 Å². The predicted octanol–water partition coefficient (Wildman–Crippen LogP) is 3.65. The van der Waals surface area contributed by atoms with E-state index in [4.69, 9.17) is 4.74 Å². The fourth-order valence-electron chi connectivity index (χ4n) is 2.18. The zero-order chi connectivity index (χ0) is 12.8. The predicted molar refractivity (Wildman–Crippen MR) is 73.5 cm³/mol. The first-order chi connectivity index (χ1) is 8.08. The molecule has 94 valence electrons. The molecule has 0 aromatic heterocycles.